The van der Waals surface area contributed by atoms with Crippen molar-refractivity contribution in [3.63, 3.8) is 0 Å². The van der Waals surface area contributed by atoms with E-state index in [4.69, 9.17) is 9.47 Å². The van der Waals surface area contributed by atoms with Crippen LogP contribution in [0.1, 0.15) is 72.1 Å². The summed E-state index contributed by atoms with van der Waals surface area (Å²) in [5.74, 6) is 0.506. The van der Waals surface area contributed by atoms with Gasteiger partial charge in [0.25, 0.3) is 0 Å². The predicted octanol–water partition coefficient (Wildman–Crippen LogP) is 4.81. The normalized spacial score (nSPS) is 14.7. The SMILES string of the molecule is CCCCCCCCCC(C)OCC(C)COC. The second-order valence-electron chi connectivity index (χ2n) is 5.61. The summed E-state index contributed by atoms with van der Waals surface area (Å²) in [7, 11) is 1.75. The number of methoxy groups -OCH3 is 1. The first-order valence-corrected chi connectivity index (χ1v) is 7.81. The number of hydrogen-bond acceptors (Lipinski definition) is 2. The third-order valence-electron chi connectivity index (χ3n) is 3.33. The quantitative estimate of drug-likeness (QED) is 0.441. The Morgan fingerprint density at radius 3 is 2.06 bits per heavy atom. The monoisotopic (exact) mass is 258 g/mol. The number of ether oxygens (including phenoxy) is 2. The summed E-state index contributed by atoms with van der Waals surface area (Å²) in [6, 6.07) is 0. The summed E-state index contributed by atoms with van der Waals surface area (Å²) in [5.41, 5.74) is 0. The van der Waals surface area contributed by atoms with Crippen molar-refractivity contribution in [2.24, 2.45) is 5.92 Å². The molecule has 0 amide bonds. The van der Waals surface area contributed by atoms with E-state index >= 15 is 0 Å². The number of rotatable bonds is 13. The van der Waals surface area contributed by atoms with Crippen molar-refractivity contribution >= 4 is 0 Å². The zero-order valence-corrected chi connectivity index (χ0v) is 13.0. The fraction of sp³-hybridized carbons (Fsp3) is 1.00. The summed E-state index contributed by atoms with van der Waals surface area (Å²) in [4.78, 5) is 0. The highest BCUT2D eigenvalue weighted by molar-refractivity contribution is 4.55. The molecule has 2 atom stereocenters. The molecule has 110 valence electrons. The lowest BCUT2D eigenvalue weighted by molar-refractivity contribution is 0.0172. The third kappa shape index (κ3) is 12.4. The minimum atomic E-state index is 0.403. The lowest BCUT2D eigenvalue weighted by Crippen LogP contribution is -2.17. The van der Waals surface area contributed by atoms with E-state index in [0.29, 0.717) is 12.0 Å². The van der Waals surface area contributed by atoms with Gasteiger partial charge in [-0.25, -0.2) is 0 Å². The summed E-state index contributed by atoms with van der Waals surface area (Å²) >= 11 is 0. The molecule has 0 aromatic rings. The van der Waals surface area contributed by atoms with Gasteiger partial charge in [-0.3, -0.25) is 0 Å². The first kappa shape index (κ1) is 17.9. The van der Waals surface area contributed by atoms with Gasteiger partial charge in [-0.15, -0.1) is 0 Å². The van der Waals surface area contributed by atoms with Gasteiger partial charge in [-0.2, -0.15) is 0 Å². The molecule has 2 nitrogen and oxygen atoms in total. The average molecular weight is 258 g/mol. The fourth-order valence-corrected chi connectivity index (χ4v) is 2.13. The average Bonchev–Trinajstić information content (AvgIpc) is 2.35. The number of hydrogen-bond donors (Lipinski definition) is 0. The minimum absolute atomic E-state index is 0.403. The summed E-state index contributed by atoms with van der Waals surface area (Å²) < 4.78 is 10.9. The molecule has 0 N–H and O–H groups in total. The van der Waals surface area contributed by atoms with E-state index in [1.165, 1.54) is 51.4 Å². The van der Waals surface area contributed by atoms with Crippen LogP contribution in [0.5, 0.6) is 0 Å². The smallest absolute Gasteiger partial charge is 0.0547 e. The lowest BCUT2D eigenvalue weighted by Gasteiger charge is -2.16. The third-order valence-corrected chi connectivity index (χ3v) is 3.33. The Labute approximate surface area is 114 Å². The van der Waals surface area contributed by atoms with Crippen LogP contribution in [0.3, 0.4) is 0 Å². The van der Waals surface area contributed by atoms with Crippen LogP contribution in [0, 0.1) is 5.92 Å². The van der Waals surface area contributed by atoms with Crippen LogP contribution in [0.2, 0.25) is 0 Å². The zero-order chi connectivity index (χ0) is 13.6. The van der Waals surface area contributed by atoms with Gasteiger partial charge in [0.05, 0.1) is 19.3 Å². The van der Waals surface area contributed by atoms with Crippen molar-refractivity contribution in [2.45, 2.75) is 78.2 Å². The van der Waals surface area contributed by atoms with Gasteiger partial charge in [0, 0.05) is 13.0 Å². The van der Waals surface area contributed by atoms with E-state index in [2.05, 4.69) is 20.8 Å². The first-order valence-electron chi connectivity index (χ1n) is 7.81. The van der Waals surface area contributed by atoms with Crippen LogP contribution in [0.4, 0.5) is 0 Å². The molecule has 0 spiro atoms. The molecule has 18 heavy (non-hydrogen) atoms. The molecule has 0 aromatic carbocycles. The van der Waals surface area contributed by atoms with Crippen LogP contribution in [-0.4, -0.2) is 26.4 Å². The van der Waals surface area contributed by atoms with Crippen LogP contribution in [0.25, 0.3) is 0 Å². The molecule has 0 heterocycles. The molecule has 0 saturated heterocycles. The second-order valence-corrected chi connectivity index (χ2v) is 5.61. The number of unbranched alkanes of at least 4 members (excludes halogenated alkanes) is 6. The Hall–Kier alpha value is -0.0800. The highest BCUT2D eigenvalue weighted by atomic mass is 16.5. The van der Waals surface area contributed by atoms with Crippen molar-refractivity contribution in [1.29, 1.82) is 0 Å². The highest BCUT2D eigenvalue weighted by Crippen LogP contribution is 2.11. The van der Waals surface area contributed by atoms with Crippen molar-refractivity contribution < 1.29 is 9.47 Å². The van der Waals surface area contributed by atoms with E-state index < -0.39 is 0 Å². The van der Waals surface area contributed by atoms with Gasteiger partial charge in [-0.1, -0.05) is 58.8 Å². The summed E-state index contributed by atoms with van der Waals surface area (Å²) in [6.07, 6.45) is 11.2. The van der Waals surface area contributed by atoms with Gasteiger partial charge in [0.15, 0.2) is 0 Å². The molecule has 0 fully saturated rings. The molecule has 0 aliphatic rings. The van der Waals surface area contributed by atoms with Gasteiger partial charge in [-0.05, 0) is 13.3 Å². The van der Waals surface area contributed by atoms with E-state index in [1.807, 2.05) is 0 Å². The van der Waals surface area contributed by atoms with Gasteiger partial charge < -0.3 is 9.47 Å². The maximum Gasteiger partial charge on any atom is 0.0547 e. The molecule has 0 bridgehead atoms. The van der Waals surface area contributed by atoms with E-state index in [-0.39, 0.29) is 0 Å². The molecule has 2 unspecified atom stereocenters. The summed E-state index contributed by atoms with van der Waals surface area (Å²) in [5, 5.41) is 0. The minimum Gasteiger partial charge on any atom is -0.384 e. The molecular formula is C16H34O2. The van der Waals surface area contributed by atoms with Gasteiger partial charge >= 0.3 is 0 Å². The molecule has 0 aliphatic heterocycles. The van der Waals surface area contributed by atoms with Crippen molar-refractivity contribution in [3.05, 3.63) is 0 Å². The molecule has 0 radical (unpaired) electrons. The Morgan fingerprint density at radius 2 is 1.44 bits per heavy atom. The zero-order valence-electron chi connectivity index (χ0n) is 13.0. The molecular weight excluding hydrogens is 224 g/mol. The maximum absolute atomic E-state index is 5.82. The highest BCUT2D eigenvalue weighted by Gasteiger charge is 2.06. The van der Waals surface area contributed by atoms with E-state index in [0.717, 1.165) is 13.2 Å². The van der Waals surface area contributed by atoms with E-state index in [9.17, 15) is 0 Å². The van der Waals surface area contributed by atoms with Gasteiger partial charge in [0.2, 0.25) is 0 Å². The molecule has 0 aliphatic carbocycles. The lowest BCUT2D eigenvalue weighted by atomic mass is 10.1. The standard InChI is InChI=1S/C16H34O2/c1-5-6-7-8-9-10-11-12-16(3)18-14-15(2)13-17-4/h15-16H,5-14H2,1-4H3. The molecule has 2 heteroatoms. The Morgan fingerprint density at radius 1 is 0.833 bits per heavy atom. The molecule has 0 saturated carbocycles. The van der Waals surface area contributed by atoms with Crippen LogP contribution in [0.15, 0.2) is 0 Å². The Balaban J connectivity index is 3.23. The van der Waals surface area contributed by atoms with Crippen LogP contribution >= 0.6 is 0 Å². The molecule has 0 aromatic heterocycles. The van der Waals surface area contributed by atoms with Crippen molar-refractivity contribution in [1.82, 2.24) is 0 Å². The Bertz CT molecular complexity index is 159. The van der Waals surface area contributed by atoms with E-state index in [1.54, 1.807) is 7.11 Å². The molecule has 0 rings (SSSR count). The maximum atomic E-state index is 5.82. The van der Waals surface area contributed by atoms with Crippen molar-refractivity contribution in [3.8, 4) is 0 Å². The van der Waals surface area contributed by atoms with Crippen LogP contribution in [-0.2, 0) is 9.47 Å². The largest absolute Gasteiger partial charge is 0.384 e. The van der Waals surface area contributed by atoms with Crippen molar-refractivity contribution in [2.75, 3.05) is 20.3 Å². The van der Waals surface area contributed by atoms with Gasteiger partial charge in [0.1, 0.15) is 0 Å². The Kier molecular flexibility index (Phi) is 13.3. The second kappa shape index (κ2) is 13.4. The first-order chi connectivity index (χ1) is 8.70. The predicted molar refractivity (Wildman–Crippen MR) is 79.1 cm³/mol. The fourth-order valence-electron chi connectivity index (χ4n) is 2.13. The van der Waals surface area contributed by atoms with Crippen LogP contribution < -0.4 is 0 Å². The summed E-state index contributed by atoms with van der Waals surface area (Å²) in [6.45, 7) is 8.25. The topological polar surface area (TPSA) is 18.5 Å².